The van der Waals surface area contributed by atoms with Crippen LogP contribution in [0.5, 0.6) is 5.75 Å². The summed E-state index contributed by atoms with van der Waals surface area (Å²) >= 11 is 0. The van der Waals surface area contributed by atoms with Crippen LogP contribution in [0.4, 0.5) is 10.1 Å². The maximum absolute atomic E-state index is 15.9. The number of para-hydroxylation sites is 1. The van der Waals surface area contributed by atoms with E-state index in [9.17, 15) is 0 Å². The lowest BCUT2D eigenvalue weighted by Gasteiger charge is -2.31. The van der Waals surface area contributed by atoms with Gasteiger partial charge in [0.05, 0.1) is 5.69 Å². The van der Waals surface area contributed by atoms with Gasteiger partial charge in [-0.2, -0.15) is 4.39 Å². The Morgan fingerprint density at radius 3 is 1.83 bits per heavy atom. The third-order valence-corrected chi connectivity index (χ3v) is 4.99. The smallest absolute Gasteiger partial charge is 0.236 e. The molecule has 1 aliphatic heterocycles. The highest BCUT2D eigenvalue weighted by atomic mass is 19.1. The molecule has 29 heavy (non-hydrogen) atoms. The molecule has 0 unspecified atom stereocenters. The molecule has 4 aromatic carbocycles. The third kappa shape index (κ3) is 3.07. The van der Waals surface area contributed by atoms with Gasteiger partial charge in [-0.15, -0.1) is 5.06 Å². The molecular formula is C26H18FNO. The minimum Gasteiger partial charge on any atom is -0.372 e. The average Bonchev–Trinajstić information content (AvgIpc) is 2.80. The Balaban J connectivity index is 1.78. The van der Waals surface area contributed by atoms with Crippen molar-refractivity contribution in [2.45, 2.75) is 0 Å². The van der Waals surface area contributed by atoms with Gasteiger partial charge in [-0.1, -0.05) is 91.0 Å². The van der Waals surface area contributed by atoms with Gasteiger partial charge in [0, 0.05) is 11.1 Å². The topological polar surface area (TPSA) is 12.5 Å². The largest absolute Gasteiger partial charge is 0.372 e. The fourth-order valence-electron chi connectivity index (χ4n) is 3.66. The summed E-state index contributed by atoms with van der Waals surface area (Å²) in [6.45, 7) is 0. The minimum atomic E-state index is -0.432. The second kappa shape index (κ2) is 7.28. The van der Waals surface area contributed by atoms with E-state index in [1.807, 2.05) is 109 Å². The van der Waals surface area contributed by atoms with Gasteiger partial charge in [0.15, 0.2) is 5.75 Å². The quantitative estimate of drug-likeness (QED) is 0.361. The van der Waals surface area contributed by atoms with E-state index in [2.05, 4.69) is 0 Å². The standard InChI is InChI=1S/C26H18FNO/c27-26-24(20-13-6-2-7-14-20)25-22(19-11-4-1-5-12-19)17-10-18-23(25)29-28(26)21-15-8-3-9-16-21/h1-18H. The zero-order valence-corrected chi connectivity index (χ0v) is 15.6. The molecule has 4 aromatic rings. The normalized spacial score (nSPS) is 13.1. The van der Waals surface area contributed by atoms with Gasteiger partial charge in [-0.25, -0.2) is 0 Å². The van der Waals surface area contributed by atoms with Crippen molar-refractivity contribution in [1.29, 1.82) is 0 Å². The number of hydrogen-bond donors (Lipinski definition) is 0. The van der Waals surface area contributed by atoms with Crippen molar-refractivity contribution in [1.82, 2.24) is 0 Å². The zero-order chi connectivity index (χ0) is 19.6. The molecule has 3 heteroatoms. The van der Waals surface area contributed by atoms with Gasteiger partial charge in [0.1, 0.15) is 0 Å². The molecule has 0 aromatic heterocycles. The first-order valence-electron chi connectivity index (χ1n) is 9.50. The van der Waals surface area contributed by atoms with Crippen molar-refractivity contribution in [2.75, 3.05) is 5.06 Å². The third-order valence-electron chi connectivity index (χ3n) is 4.99. The van der Waals surface area contributed by atoms with Crippen LogP contribution in [0, 0.1) is 0 Å². The van der Waals surface area contributed by atoms with E-state index in [-0.39, 0.29) is 0 Å². The summed E-state index contributed by atoms with van der Waals surface area (Å²) in [5, 5.41) is 1.26. The van der Waals surface area contributed by atoms with Crippen LogP contribution in [-0.4, -0.2) is 0 Å². The van der Waals surface area contributed by atoms with Crippen molar-refractivity contribution in [3.05, 3.63) is 126 Å². The Morgan fingerprint density at radius 2 is 1.17 bits per heavy atom. The minimum absolute atomic E-state index is 0.432. The fraction of sp³-hybridized carbons (Fsp3) is 0. The number of nitrogens with zero attached hydrogens (tertiary/aromatic N) is 1. The lowest BCUT2D eigenvalue weighted by Crippen LogP contribution is -2.29. The molecule has 0 saturated carbocycles. The first-order chi connectivity index (χ1) is 14.3. The van der Waals surface area contributed by atoms with Crippen LogP contribution in [0.3, 0.4) is 0 Å². The van der Waals surface area contributed by atoms with Crippen LogP contribution in [0.15, 0.2) is 115 Å². The summed E-state index contributed by atoms with van der Waals surface area (Å²) in [6, 6.07) is 34.7. The summed E-state index contributed by atoms with van der Waals surface area (Å²) in [6.07, 6.45) is 0. The van der Waals surface area contributed by atoms with Crippen molar-refractivity contribution >= 4 is 11.3 Å². The Labute approximate surface area is 169 Å². The average molecular weight is 379 g/mol. The Kier molecular flexibility index (Phi) is 4.34. The molecule has 0 bridgehead atoms. The van der Waals surface area contributed by atoms with E-state index in [1.165, 1.54) is 5.06 Å². The molecule has 0 fully saturated rings. The maximum Gasteiger partial charge on any atom is 0.236 e. The Hall–Kier alpha value is -3.85. The van der Waals surface area contributed by atoms with E-state index in [0.29, 0.717) is 17.0 Å². The van der Waals surface area contributed by atoms with Gasteiger partial charge in [-0.05, 0) is 34.9 Å². The van der Waals surface area contributed by atoms with E-state index in [1.54, 1.807) is 0 Å². The molecule has 0 N–H and O–H groups in total. The summed E-state index contributed by atoms with van der Waals surface area (Å²) in [5.74, 6) is 0.189. The molecule has 5 rings (SSSR count). The van der Waals surface area contributed by atoms with Crippen LogP contribution in [0.2, 0.25) is 0 Å². The summed E-state index contributed by atoms with van der Waals surface area (Å²) < 4.78 is 15.9. The van der Waals surface area contributed by atoms with Gasteiger partial charge >= 0.3 is 0 Å². The molecule has 1 heterocycles. The number of anilines is 1. The molecule has 0 spiro atoms. The van der Waals surface area contributed by atoms with Crippen molar-refractivity contribution < 1.29 is 9.23 Å². The molecule has 1 aliphatic rings. The molecule has 0 atom stereocenters. The van der Waals surface area contributed by atoms with Crippen LogP contribution in [-0.2, 0) is 0 Å². The molecule has 0 saturated heterocycles. The van der Waals surface area contributed by atoms with Gasteiger partial charge in [-0.3, -0.25) is 0 Å². The second-order valence-electron chi connectivity index (χ2n) is 6.80. The van der Waals surface area contributed by atoms with E-state index >= 15 is 4.39 Å². The molecule has 140 valence electrons. The number of hydroxylamine groups is 1. The van der Waals surface area contributed by atoms with Crippen LogP contribution in [0.25, 0.3) is 16.7 Å². The highest BCUT2D eigenvalue weighted by molar-refractivity contribution is 5.94. The monoisotopic (exact) mass is 379 g/mol. The molecule has 0 radical (unpaired) electrons. The molecule has 0 amide bonds. The van der Waals surface area contributed by atoms with Gasteiger partial charge in [0.2, 0.25) is 5.95 Å². The fourth-order valence-corrected chi connectivity index (χ4v) is 3.66. The number of halogens is 1. The molecule has 0 aliphatic carbocycles. The zero-order valence-electron chi connectivity index (χ0n) is 15.6. The van der Waals surface area contributed by atoms with Gasteiger partial charge in [0.25, 0.3) is 0 Å². The van der Waals surface area contributed by atoms with Crippen LogP contribution >= 0.6 is 0 Å². The lowest BCUT2D eigenvalue weighted by atomic mass is 9.89. The van der Waals surface area contributed by atoms with Crippen LogP contribution < -0.4 is 9.90 Å². The summed E-state index contributed by atoms with van der Waals surface area (Å²) in [4.78, 5) is 6.04. The first kappa shape index (κ1) is 17.3. The van der Waals surface area contributed by atoms with Crippen molar-refractivity contribution in [2.24, 2.45) is 0 Å². The maximum atomic E-state index is 15.9. The summed E-state index contributed by atoms with van der Waals surface area (Å²) in [5.41, 5.74) is 4.67. The number of fused-ring (bicyclic) bond motifs is 1. The van der Waals surface area contributed by atoms with Gasteiger partial charge < -0.3 is 4.84 Å². The van der Waals surface area contributed by atoms with E-state index < -0.39 is 5.95 Å². The summed E-state index contributed by atoms with van der Waals surface area (Å²) in [7, 11) is 0. The van der Waals surface area contributed by atoms with E-state index in [0.717, 1.165) is 22.3 Å². The lowest BCUT2D eigenvalue weighted by molar-refractivity contribution is 0.269. The predicted molar refractivity (Wildman–Crippen MR) is 115 cm³/mol. The highest BCUT2D eigenvalue weighted by Gasteiger charge is 2.31. The number of rotatable bonds is 3. The highest BCUT2D eigenvalue weighted by Crippen LogP contribution is 2.45. The second-order valence-corrected chi connectivity index (χ2v) is 6.80. The SMILES string of the molecule is FC1=C(c2ccccc2)c2c(cccc2-c2ccccc2)ON1c1ccccc1. The molecule has 2 nitrogen and oxygen atoms in total. The number of benzene rings is 4. The Morgan fingerprint density at radius 1 is 0.586 bits per heavy atom. The van der Waals surface area contributed by atoms with Crippen LogP contribution in [0.1, 0.15) is 11.1 Å². The number of hydrogen-bond acceptors (Lipinski definition) is 2. The van der Waals surface area contributed by atoms with Crippen molar-refractivity contribution in [3.63, 3.8) is 0 Å². The van der Waals surface area contributed by atoms with E-state index in [4.69, 9.17) is 4.84 Å². The molecular weight excluding hydrogens is 361 g/mol. The predicted octanol–water partition coefficient (Wildman–Crippen LogP) is 6.85. The van der Waals surface area contributed by atoms with Crippen molar-refractivity contribution in [3.8, 4) is 16.9 Å². The first-order valence-corrected chi connectivity index (χ1v) is 9.50. The Bertz CT molecular complexity index is 1170.